The molecule has 0 heterocycles. The van der Waals surface area contributed by atoms with Crippen molar-refractivity contribution in [2.45, 2.75) is 44.2 Å². The predicted molar refractivity (Wildman–Crippen MR) is 105 cm³/mol. The smallest absolute Gasteiger partial charge is 0.408 e. The number of halogens is 1. The fourth-order valence-corrected chi connectivity index (χ4v) is 5.18. The summed E-state index contributed by atoms with van der Waals surface area (Å²) in [6.07, 6.45) is 1.42. The number of aryl methyl sites for hydroxylation is 1. The van der Waals surface area contributed by atoms with Crippen molar-refractivity contribution in [3.8, 4) is 0 Å². The first kappa shape index (κ1) is 18.8. The Labute approximate surface area is 168 Å². The minimum Gasteiger partial charge on any atom is -0.480 e. The molecule has 0 spiro atoms. The van der Waals surface area contributed by atoms with Gasteiger partial charge in [-0.15, -0.1) is 0 Å². The van der Waals surface area contributed by atoms with Gasteiger partial charge in [0.1, 0.15) is 12.6 Å². The van der Waals surface area contributed by atoms with Gasteiger partial charge in [0.2, 0.25) is 0 Å². The van der Waals surface area contributed by atoms with Crippen molar-refractivity contribution in [1.29, 1.82) is 0 Å². The first-order chi connectivity index (χ1) is 13.3. The van der Waals surface area contributed by atoms with Gasteiger partial charge in [0.15, 0.2) is 0 Å². The number of carbonyl (C=O) groups is 2. The topological polar surface area (TPSA) is 75.6 Å². The van der Waals surface area contributed by atoms with Gasteiger partial charge in [0, 0.05) is 10.4 Å². The summed E-state index contributed by atoms with van der Waals surface area (Å²) in [7, 11) is 0. The molecule has 2 aromatic rings. The maximum Gasteiger partial charge on any atom is 0.408 e. The second-order valence-corrected chi connectivity index (χ2v) is 8.54. The Bertz CT molecular complexity index is 908. The lowest BCUT2D eigenvalue weighted by atomic mass is 9.31. The SMILES string of the molecule is Cc1ccc(Cl)c(C23CC(C(NC(=O)OCc4ccccc4)C(=O)O)(C2)C3)c1. The standard InChI is InChI=1S/C22H22ClNO4/c1-14-7-8-17(23)16(9-14)21-11-22(12-21,13-21)18(19(25)26)24-20(27)28-10-15-5-3-2-4-6-15/h2-9,18H,10-13H2,1H3,(H,24,27)(H,25,26). The van der Waals surface area contributed by atoms with E-state index in [2.05, 4.69) is 11.4 Å². The second kappa shape index (κ2) is 6.82. The van der Waals surface area contributed by atoms with Gasteiger partial charge in [-0.1, -0.05) is 59.6 Å². The maximum atomic E-state index is 12.2. The molecule has 0 radical (unpaired) electrons. The zero-order valence-electron chi connectivity index (χ0n) is 15.6. The van der Waals surface area contributed by atoms with Gasteiger partial charge in [0.25, 0.3) is 0 Å². The van der Waals surface area contributed by atoms with E-state index < -0.39 is 23.5 Å². The molecule has 2 bridgehead atoms. The van der Waals surface area contributed by atoms with Crippen LogP contribution in [0.25, 0.3) is 0 Å². The van der Waals surface area contributed by atoms with Gasteiger partial charge in [-0.3, -0.25) is 0 Å². The van der Waals surface area contributed by atoms with Crippen LogP contribution in [0.1, 0.15) is 36.0 Å². The van der Waals surface area contributed by atoms with Crippen LogP contribution in [0.15, 0.2) is 48.5 Å². The number of hydrogen-bond donors (Lipinski definition) is 2. The molecular formula is C22H22ClNO4. The third-order valence-corrected chi connectivity index (χ3v) is 6.43. The van der Waals surface area contributed by atoms with Crippen LogP contribution in [-0.4, -0.2) is 23.2 Å². The number of alkyl carbamates (subject to hydrolysis) is 1. The van der Waals surface area contributed by atoms with Crippen LogP contribution in [-0.2, 0) is 21.6 Å². The van der Waals surface area contributed by atoms with Crippen molar-refractivity contribution in [1.82, 2.24) is 5.32 Å². The highest BCUT2D eigenvalue weighted by atomic mass is 35.5. The summed E-state index contributed by atoms with van der Waals surface area (Å²) in [4.78, 5) is 24.0. The molecule has 3 fully saturated rings. The largest absolute Gasteiger partial charge is 0.480 e. The van der Waals surface area contributed by atoms with Crippen molar-refractivity contribution in [2.24, 2.45) is 5.41 Å². The molecule has 0 aliphatic heterocycles. The Morgan fingerprint density at radius 1 is 1.18 bits per heavy atom. The molecule has 0 aromatic heterocycles. The molecule has 2 aromatic carbocycles. The number of carboxylic acid groups (broad SMARTS) is 1. The lowest BCUT2D eigenvalue weighted by Crippen LogP contribution is -2.73. The molecule has 146 valence electrons. The van der Waals surface area contributed by atoms with Crippen molar-refractivity contribution in [2.75, 3.05) is 0 Å². The molecule has 3 aliphatic rings. The highest BCUT2D eigenvalue weighted by Gasteiger charge is 2.73. The lowest BCUT2D eigenvalue weighted by Gasteiger charge is -2.72. The zero-order valence-corrected chi connectivity index (χ0v) is 16.3. The fraction of sp³-hybridized carbons (Fsp3) is 0.364. The number of aliphatic carboxylic acids is 1. The van der Waals surface area contributed by atoms with Gasteiger partial charge < -0.3 is 15.2 Å². The van der Waals surface area contributed by atoms with Crippen molar-refractivity contribution >= 4 is 23.7 Å². The third kappa shape index (κ3) is 3.14. The molecule has 1 unspecified atom stereocenters. The second-order valence-electron chi connectivity index (χ2n) is 8.13. The molecule has 3 aliphatic carbocycles. The highest BCUT2D eigenvalue weighted by molar-refractivity contribution is 6.31. The Kier molecular flexibility index (Phi) is 4.58. The number of rotatable bonds is 6. The van der Waals surface area contributed by atoms with E-state index in [-0.39, 0.29) is 12.0 Å². The molecule has 5 rings (SSSR count). The number of amides is 1. The third-order valence-electron chi connectivity index (χ3n) is 6.10. The summed E-state index contributed by atoms with van der Waals surface area (Å²) in [5, 5.41) is 13.0. The summed E-state index contributed by atoms with van der Waals surface area (Å²) < 4.78 is 5.20. The van der Waals surface area contributed by atoms with Gasteiger partial charge in [0.05, 0.1) is 0 Å². The number of hydrogen-bond acceptors (Lipinski definition) is 3. The molecule has 2 N–H and O–H groups in total. The highest BCUT2D eigenvalue weighted by Crippen LogP contribution is 2.75. The average Bonchev–Trinajstić information content (AvgIpc) is 2.60. The number of benzene rings is 2. The van der Waals surface area contributed by atoms with Crippen LogP contribution in [0.3, 0.4) is 0 Å². The molecule has 1 atom stereocenters. The van der Waals surface area contributed by atoms with Crippen LogP contribution < -0.4 is 5.32 Å². The van der Waals surface area contributed by atoms with Crippen LogP contribution >= 0.6 is 11.6 Å². The van der Waals surface area contributed by atoms with E-state index >= 15 is 0 Å². The summed E-state index contributed by atoms with van der Waals surface area (Å²) >= 11 is 6.38. The van der Waals surface area contributed by atoms with Gasteiger partial charge in [-0.25, -0.2) is 9.59 Å². The average molecular weight is 400 g/mol. The fourth-order valence-electron chi connectivity index (χ4n) is 4.86. The van der Waals surface area contributed by atoms with Crippen molar-refractivity contribution < 1.29 is 19.4 Å². The van der Waals surface area contributed by atoms with Crippen molar-refractivity contribution in [3.63, 3.8) is 0 Å². The molecule has 28 heavy (non-hydrogen) atoms. The number of ether oxygens (including phenoxy) is 1. The summed E-state index contributed by atoms with van der Waals surface area (Å²) in [6.45, 7) is 2.13. The first-order valence-corrected chi connectivity index (χ1v) is 9.68. The van der Waals surface area contributed by atoms with E-state index in [0.717, 1.165) is 21.7 Å². The number of carbonyl (C=O) groups excluding carboxylic acids is 1. The lowest BCUT2D eigenvalue weighted by molar-refractivity contribution is -0.183. The van der Waals surface area contributed by atoms with Gasteiger partial charge in [-0.2, -0.15) is 0 Å². The Hall–Kier alpha value is -2.53. The summed E-state index contributed by atoms with van der Waals surface area (Å²) in [5.41, 5.74) is 2.59. The minimum absolute atomic E-state index is 0.0631. The molecular weight excluding hydrogens is 378 g/mol. The van der Waals surface area contributed by atoms with Crippen LogP contribution in [0.4, 0.5) is 4.79 Å². The van der Waals surface area contributed by atoms with E-state index in [0.29, 0.717) is 19.3 Å². The molecule has 1 amide bonds. The number of carboxylic acids is 1. The first-order valence-electron chi connectivity index (χ1n) is 9.30. The predicted octanol–water partition coefficient (Wildman–Crippen LogP) is 4.45. The van der Waals surface area contributed by atoms with E-state index in [4.69, 9.17) is 16.3 Å². The van der Waals surface area contributed by atoms with E-state index in [1.807, 2.05) is 49.4 Å². The van der Waals surface area contributed by atoms with Crippen LogP contribution in [0, 0.1) is 12.3 Å². The zero-order chi connectivity index (χ0) is 19.9. The molecule has 0 saturated heterocycles. The Balaban J connectivity index is 1.40. The minimum atomic E-state index is -1.03. The summed E-state index contributed by atoms with van der Waals surface area (Å²) in [6, 6.07) is 14.3. The van der Waals surface area contributed by atoms with E-state index in [1.165, 1.54) is 0 Å². The van der Waals surface area contributed by atoms with Gasteiger partial charge in [-0.05, 0) is 48.8 Å². The molecule has 3 saturated carbocycles. The number of nitrogens with one attached hydrogen (secondary N) is 1. The normalized spacial score (nSPS) is 25.8. The van der Waals surface area contributed by atoms with Gasteiger partial charge >= 0.3 is 12.1 Å². The van der Waals surface area contributed by atoms with Crippen molar-refractivity contribution in [3.05, 3.63) is 70.2 Å². The summed E-state index contributed by atoms with van der Waals surface area (Å²) in [5.74, 6) is -1.03. The van der Waals surface area contributed by atoms with Crippen LogP contribution in [0.5, 0.6) is 0 Å². The van der Waals surface area contributed by atoms with E-state index in [1.54, 1.807) is 0 Å². The molecule has 6 heteroatoms. The van der Waals surface area contributed by atoms with E-state index in [9.17, 15) is 14.7 Å². The molecule has 5 nitrogen and oxygen atoms in total. The Morgan fingerprint density at radius 3 is 2.50 bits per heavy atom. The Morgan fingerprint density at radius 2 is 1.86 bits per heavy atom. The van der Waals surface area contributed by atoms with Crippen LogP contribution in [0.2, 0.25) is 5.02 Å². The maximum absolute atomic E-state index is 12.2. The monoisotopic (exact) mass is 399 g/mol. The quantitative estimate of drug-likeness (QED) is 0.752.